The zero-order chi connectivity index (χ0) is 12.3. The van der Waals surface area contributed by atoms with Crippen molar-refractivity contribution in [3.8, 4) is 0 Å². The van der Waals surface area contributed by atoms with Crippen LogP contribution in [0, 0.1) is 0 Å². The highest BCUT2D eigenvalue weighted by Gasteiger charge is 2.67. The molecule has 15 heavy (non-hydrogen) atoms. The van der Waals surface area contributed by atoms with Crippen molar-refractivity contribution in [1.29, 1.82) is 0 Å². The van der Waals surface area contributed by atoms with Gasteiger partial charge in [-0.05, 0) is 6.42 Å². The zero-order valence-electron chi connectivity index (χ0n) is 8.04. The van der Waals surface area contributed by atoms with E-state index in [1.807, 2.05) is 0 Å². The van der Waals surface area contributed by atoms with Gasteiger partial charge in [0.1, 0.15) is 0 Å². The van der Waals surface area contributed by atoms with Crippen molar-refractivity contribution >= 4 is 12.6 Å². The average molecular weight is 254 g/mol. The van der Waals surface area contributed by atoms with Crippen LogP contribution in [-0.2, 0) is 0 Å². The summed E-state index contributed by atoms with van der Waals surface area (Å²) >= 11 is 2.80. The van der Waals surface area contributed by atoms with Gasteiger partial charge in [-0.1, -0.05) is 26.2 Å². The molecular formula is C8H12F6S. The largest absolute Gasteiger partial charge is 0.411 e. The molecule has 0 amide bonds. The molecule has 0 nitrogen and oxygen atoms in total. The molecule has 0 aliphatic heterocycles. The molecule has 92 valence electrons. The molecule has 0 rings (SSSR count). The maximum absolute atomic E-state index is 12.2. The van der Waals surface area contributed by atoms with E-state index in [1.54, 1.807) is 6.92 Å². The van der Waals surface area contributed by atoms with Crippen LogP contribution in [0.25, 0.3) is 0 Å². The Kier molecular flexibility index (Phi) is 4.82. The molecule has 0 saturated heterocycles. The molecule has 0 unspecified atom stereocenters. The topological polar surface area (TPSA) is 0 Å². The van der Waals surface area contributed by atoms with E-state index >= 15 is 0 Å². The molecule has 0 aromatic rings. The predicted molar refractivity (Wildman–Crippen MR) is 48.0 cm³/mol. The lowest BCUT2D eigenvalue weighted by molar-refractivity contribution is -0.265. The fourth-order valence-corrected chi connectivity index (χ4v) is 1.23. The number of hydrogen-bond acceptors (Lipinski definition) is 1. The molecule has 0 fully saturated rings. The maximum Gasteiger partial charge on any atom is 0.411 e. The van der Waals surface area contributed by atoms with Gasteiger partial charge < -0.3 is 0 Å². The first-order valence-electron chi connectivity index (χ1n) is 4.42. The predicted octanol–water partition coefficient (Wildman–Crippen LogP) is 4.36. The van der Waals surface area contributed by atoms with Gasteiger partial charge in [0.2, 0.25) is 4.75 Å². The van der Waals surface area contributed by atoms with Gasteiger partial charge in [0.15, 0.2) is 0 Å². The Morgan fingerprint density at radius 2 is 1.27 bits per heavy atom. The number of alkyl halides is 6. The van der Waals surface area contributed by atoms with Crippen LogP contribution in [-0.4, -0.2) is 17.1 Å². The van der Waals surface area contributed by atoms with E-state index in [4.69, 9.17) is 0 Å². The van der Waals surface area contributed by atoms with Crippen molar-refractivity contribution in [2.45, 2.75) is 49.7 Å². The van der Waals surface area contributed by atoms with E-state index in [9.17, 15) is 26.3 Å². The number of thiol groups is 1. The van der Waals surface area contributed by atoms with E-state index in [2.05, 4.69) is 12.6 Å². The summed E-state index contributed by atoms with van der Waals surface area (Å²) in [4.78, 5) is 0. The highest BCUT2D eigenvalue weighted by molar-refractivity contribution is 7.82. The lowest BCUT2D eigenvalue weighted by atomic mass is 9.99. The normalized spacial score (nSPS) is 14.4. The SMILES string of the molecule is CCCCCC(S)(C(F)(F)F)C(F)(F)F. The summed E-state index contributed by atoms with van der Waals surface area (Å²) in [6, 6.07) is 0. The minimum absolute atomic E-state index is 0.140. The van der Waals surface area contributed by atoms with Crippen molar-refractivity contribution in [1.82, 2.24) is 0 Å². The van der Waals surface area contributed by atoms with Crippen LogP contribution in [0.4, 0.5) is 26.3 Å². The Labute approximate surface area is 89.4 Å². The summed E-state index contributed by atoms with van der Waals surface area (Å²) < 4.78 is 69.5. The highest BCUT2D eigenvalue weighted by Crippen LogP contribution is 2.50. The molecule has 0 bridgehead atoms. The van der Waals surface area contributed by atoms with Gasteiger partial charge in [-0.25, -0.2) is 0 Å². The Balaban J connectivity index is 4.74. The molecule has 0 N–H and O–H groups in total. The third-order valence-corrected chi connectivity index (χ3v) is 2.81. The highest BCUT2D eigenvalue weighted by atomic mass is 32.1. The maximum atomic E-state index is 12.2. The molecule has 0 aliphatic rings. The summed E-state index contributed by atoms with van der Waals surface area (Å²) in [5, 5.41) is 0. The molecule has 0 atom stereocenters. The van der Waals surface area contributed by atoms with E-state index in [1.165, 1.54) is 0 Å². The van der Waals surface area contributed by atoms with Crippen LogP contribution in [0.1, 0.15) is 32.6 Å². The number of halogens is 6. The van der Waals surface area contributed by atoms with Crippen LogP contribution in [0.3, 0.4) is 0 Å². The van der Waals surface area contributed by atoms with Gasteiger partial charge >= 0.3 is 12.4 Å². The minimum Gasteiger partial charge on any atom is -0.169 e. The fourth-order valence-electron chi connectivity index (χ4n) is 1.08. The van der Waals surface area contributed by atoms with Gasteiger partial charge in [-0.2, -0.15) is 39.0 Å². The summed E-state index contributed by atoms with van der Waals surface area (Å²) in [5.41, 5.74) is 0. The zero-order valence-corrected chi connectivity index (χ0v) is 8.94. The summed E-state index contributed by atoms with van der Waals surface area (Å²) in [7, 11) is 0. The summed E-state index contributed by atoms with van der Waals surface area (Å²) in [6.45, 7) is 1.70. The van der Waals surface area contributed by atoms with Crippen molar-refractivity contribution in [2.75, 3.05) is 0 Å². The van der Waals surface area contributed by atoms with Gasteiger partial charge in [0, 0.05) is 0 Å². The Morgan fingerprint density at radius 3 is 1.53 bits per heavy atom. The third kappa shape index (κ3) is 3.46. The molecular weight excluding hydrogens is 242 g/mol. The number of rotatable bonds is 4. The van der Waals surface area contributed by atoms with Crippen LogP contribution in [0.2, 0.25) is 0 Å². The van der Waals surface area contributed by atoms with Gasteiger partial charge in [-0.3, -0.25) is 0 Å². The first kappa shape index (κ1) is 14.9. The van der Waals surface area contributed by atoms with E-state index in [-0.39, 0.29) is 6.42 Å². The molecule has 0 spiro atoms. The standard InChI is InChI=1S/C8H12F6S/c1-2-3-4-5-6(15,7(9,10)11)8(12,13)14/h15H,2-5H2,1H3. The second kappa shape index (κ2) is 4.84. The van der Waals surface area contributed by atoms with Crippen molar-refractivity contribution in [2.24, 2.45) is 0 Å². The number of hydrogen-bond donors (Lipinski definition) is 1. The van der Waals surface area contributed by atoms with Crippen LogP contribution in [0.5, 0.6) is 0 Å². The quantitative estimate of drug-likeness (QED) is 0.430. The van der Waals surface area contributed by atoms with Crippen LogP contribution in [0.15, 0.2) is 0 Å². The Morgan fingerprint density at radius 1 is 0.867 bits per heavy atom. The lowest BCUT2D eigenvalue weighted by Crippen LogP contribution is -2.52. The van der Waals surface area contributed by atoms with Gasteiger partial charge in [0.05, 0.1) is 0 Å². The molecule has 0 aliphatic carbocycles. The first-order valence-corrected chi connectivity index (χ1v) is 4.87. The monoisotopic (exact) mass is 254 g/mol. The average Bonchev–Trinajstić information content (AvgIpc) is 2.00. The second-order valence-corrected chi connectivity index (χ2v) is 4.08. The van der Waals surface area contributed by atoms with Gasteiger partial charge in [-0.15, -0.1) is 0 Å². The minimum atomic E-state index is -5.37. The summed E-state index contributed by atoms with van der Waals surface area (Å²) in [6.07, 6.45) is -11.0. The van der Waals surface area contributed by atoms with Crippen LogP contribution >= 0.6 is 12.6 Å². The smallest absolute Gasteiger partial charge is 0.169 e. The van der Waals surface area contributed by atoms with E-state index < -0.39 is 23.5 Å². The fraction of sp³-hybridized carbons (Fsp3) is 1.00. The Bertz CT molecular complexity index is 180. The molecule has 0 aromatic carbocycles. The molecule has 0 aromatic heterocycles. The Hall–Kier alpha value is -0.0700. The molecule has 0 radical (unpaired) electrons. The van der Waals surface area contributed by atoms with Crippen molar-refractivity contribution < 1.29 is 26.3 Å². The van der Waals surface area contributed by atoms with E-state index in [0.29, 0.717) is 12.8 Å². The van der Waals surface area contributed by atoms with Crippen LogP contribution < -0.4 is 0 Å². The van der Waals surface area contributed by atoms with Crippen molar-refractivity contribution in [3.63, 3.8) is 0 Å². The molecule has 7 heteroatoms. The number of unbranched alkanes of at least 4 members (excludes halogenated alkanes) is 2. The molecule has 0 heterocycles. The first-order chi connectivity index (χ1) is 6.56. The second-order valence-electron chi connectivity index (χ2n) is 3.31. The van der Waals surface area contributed by atoms with Crippen molar-refractivity contribution in [3.05, 3.63) is 0 Å². The molecule has 0 saturated carbocycles. The lowest BCUT2D eigenvalue weighted by Gasteiger charge is -2.32. The third-order valence-electron chi connectivity index (χ3n) is 2.08. The summed E-state index contributed by atoms with van der Waals surface area (Å²) in [5.74, 6) is 0. The van der Waals surface area contributed by atoms with E-state index in [0.717, 1.165) is 0 Å². The van der Waals surface area contributed by atoms with Gasteiger partial charge in [0.25, 0.3) is 0 Å².